The van der Waals surface area contributed by atoms with Gasteiger partial charge in [-0.3, -0.25) is 19.1 Å². The van der Waals surface area contributed by atoms with Gasteiger partial charge in [0.1, 0.15) is 0 Å². The molecule has 150 valence electrons. The van der Waals surface area contributed by atoms with Crippen LogP contribution in [0.1, 0.15) is 24.4 Å². The molecule has 0 spiro atoms. The molecule has 1 fully saturated rings. The zero-order valence-corrected chi connectivity index (χ0v) is 16.6. The van der Waals surface area contributed by atoms with Crippen LogP contribution in [0.5, 0.6) is 0 Å². The number of hydrogen-bond donors (Lipinski definition) is 1. The lowest BCUT2D eigenvalue weighted by molar-refractivity contribution is -0.140. The van der Waals surface area contributed by atoms with Crippen molar-refractivity contribution < 1.29 is 9.59 Å². The minimum atomic E-state index is -0.413. The second kappa shape index (κ2) is 7.20. The van der Waals surface area contributed by atoms with Crippen molar-refractivity contribution in [2.45, 2.75) is 18.9 Å². The van der Waals surface area contributed by atoms with E-state index in [1.165, 1.54) is 4.57 Å². The smallest absolute Gasteiger partial charge is 0.258 e. The first-order chi connectivity index (χ1) is 13.9. The Morgan fingerprint density at radius 1 is 1.14 bits per heavy atom. The lowest BCUT2D eigenvalue weighted by Crippen LogP contribution is -2.44. The first-order valence-electron chi connectivity index (χ1n) is 9.50. The van der Waals surface area contributed by atoms with E-state index in [4.69, 9.17) is 0 Å². The lowest BCUT2D eigenvalue weighted by atomic mass is 9.85. The molecule has 2 atom stereocenters. The maximum absolute atomic E-state index is 13.2. The van der Waals surface area contributed by atoms with Gasteiger partial charge < -0.3 is 14.8 Å². The van der Waals surface area contributed by atoms with Crippen molar-refractivity contribution in [3.8, 4) is 0 Å². The number of aryl methyl sites for hydroxylation is 2. The van der Waals surface area contributed by atoms with Crippen molar-refractivity contribution in [3.05, 3.63) is 58.8 Å². The van der Waals surface area contributed by atoms with Crippen LogP contribution in [0.3, 0.4) is 0 Å². The topological polar surface area (TPSA) is 89.2 Å². The van der Waals surface area contributed by atoms with Gasteiger partial charge in [-0.25, -0.2) is 0 Å². The average Bonchev–Trinajstić information content (AvgIpc) is 3.13. The summed E-state index contributed by atoms with van der Waals surface area (Å²) in [5.74, 6) is -0.577. The fraction of sp³-hybridized carbons (Fsp3) is 0.333. The number of pyridine rings is 1. The normalized spacial score (nSPS) is 19.6. The van der Waals surface area contributed by atoms with Crippen LogP contribution in [-0.2, 0) is 23.7 Å². The molecule has 0 radical (unpaired) electrons. The van der Waals surface area contributed by atoms with Crippen molar-refractivity contribution in [2.24, 2.45) is 20.0 Å². The molecule has 29 heavy (non-hydrogen) atoms. The first-order valence-corrected chi connectivity index (χ1v) is 9.50. The Morgan fingerprint density at radius 2 is 1.93 bits per heavy atom. The highest BCUT2D eigenvalue weighted by Crippen LogP contribution is 2.36. The number of fused-ring (bicyclic) bond motifs is 1. The second-order valence-electron chi connectivity index (χ2n) is 7.53. The minimum Gasteiger partial charge on any atom is -0.338 e. The Balaban J connectivity index is 1.68. The molecule has 2 unspecified atom stereocenters. The van der Waals surface area contributed by atoms with Gasteiger partial charge in [0.05, 0.1) is 18.2 Å². The van der Waals surface area contributed by atoms with Crippen LogP contribution in [0.4, 0.5) is 5.69 Å². The first kappa shape index (κ1) is 18.9. The number of benzene rings is 1. The maximum atomic E-state index is 13.2. The summed E-state index contributed by atoms with van der Waals surface area (Å²) in [7, 11) is 5.22. The fourth-order valence-corrected chi connectivity index (χ4v) is 4.07. The van der Waals surface area contributed by atoms with Crippen LogP contribution in [0.25, 0.3) is 10.8 Å². The van der Waals surface area contributed by atoms with E-state index in [0.717, 1.165) is 5.56 Å². The van der Waals surface area contributed by atoms with Crippen molar-refractivity contribution in [1.82, 2.24) is 19.2 Å². The van der Waals surface area contributed by atoms with Crippen molar-refractivity contribution >= 4 is 28.3 Å². The maximum Gasteiger partial charge on any atom is 0.258 e. The molecule has 1 N–H and O–H groups in total. The molecule has 1 aliphatic rings. The van der Waals surface area contributed by atoms with E-state index in [0.29, 0.717) is 29.3 Å². The minimum absolute atomic E-state index is 0.0107. The van der Waals surface area contributed by atoms with E-state index in [2.05, 4.69) is 10.4 Å². The number of amides is 2. The largest absolute Gasteiger partial charge is 0.338 e. The third-order valence-electron chi connectivity index (χ3n) is 5.64. The molecule has 0 saturated carbocycles. The number of likely N-dealkylation sites (tertiary alicyclic amines) is 1. The number of nitrogens with zero attached hydrogens (tertiary/aromatic N) is 4. The number of piperidine rings is 1. The van der Waals surface area contributed by atoms with E-state index in [9.17, 15) is 14.4 Å². The van der Waals surface area contributed by atoms with Gasteiger partial charge in [0.2, 0.25) is 11.8 Å². The summed E-state index contributed by atoms with van der Waals surface area (Å²) in [4.78, 5) is 39.5. The zero-order valence-electron chi connectivity index (χ0n) is 16.6. The summed E-state index contributed by atoms with van der Waals surface area (Å²) in [5.41, 5.74) is 1.31. The predicted octanol–water partition coefficient (Wildman–Crippen LogP) is 1.82. The van der Waals surface area contributed by atoms with Gasteiger partial charge in [0, 0.05) is 62.0 Å². The number of carbonyl (C=O) groups excluding carboxylic acids is 2. The van der Waals surface area contributed by atoms with E-state index >= 15 is 0 Å². The van der Waals surface area contributed by atoms with Gasteiger partial charge in [-0.1, -0.05) is 6.07 Å². The Bertz CT molecular complexity index is 1160. The molecule has 2 aromatic heterocycles. The highest BCUT2D eigenvalue weighted by molar-refractivity contribution is 6.03. The number of nitrogens with one attached hydrogen (secondary N) is 1. The Hall–Kier alpha value is -3.42. The molecule has 0 bridgehead atoms. The Labute approximate surface area is 167 Å². The van der Waals surface area contributed by atoms with Crippen LogP contribution in [0.15, 0.2) is 47.7 Å². The predicted molar refractivity (Wildman–Crippen MR) is 109 cm³/mol. The van der Waals surface area contributed by atoms with E-state index in [1.807, 2.05) is 12.3 Å². The summed E-state index contributed by atoms with van der Waals surface area (Å²) >= 11 is 0. The Morgan fingerprint density at radius 3 is 2.66 bits per heavy atom. The molecule has 1 aliphatic heterocycles. The second-order valence-corrected chi connectivity index (χ2v) is 7.53. The molecular weight excluding hydrogens is 370 g/mol. The third-order valence-corrected chi connectivity index (χ3v) is 5.64. The molecule has 3 heterocycles. The average molecular weight is 393 g/mol. The SMILES string of the molecule is CN1C(=O)CCC(C(=O)Nc2cccc3c(=O)n(C)ccc23)C1c1cnn(C)c1. The summed E-state index contributed by atoms with van der Waals surface area (Å²) < 4.78 is 3.17. The van der Waals surface area contributed by atoms with Crippen LogP contribution >= 0.6 is 0 Å². The van der Waals surface area contributed by atoms with Gasteiger partial charge in [0.25, 0.3) is 5.56 Å². The van der Waals surface area contributed by atoms with Crippen LogP contribution in [0, 0.1) is 5.92 Å². The quantitative estimate of drug-likeness (QED) is 0.735. The summed E-state index contributed by atoms with van der Waals surface area (Å²) in [6.07, 6.45) is 6.00. The molecule has 2 amide bonds. The van der Waals surface area contributed by atoms with E-state index in [1.54, 1.807) is 61.3 Å². The molecule has 0 aliphatic carbocycles. The van der Waals surface area contributed by atoms with Crippen LogP contribution in [-0.4, -0.2) is 38.1 Å². The lowest BCUT2D eigenvalue weighted by Gasteiger charge is -2.37. The molecule has 4 rings (SSSR count). The van der Waals surface area contributed by atoms with E-state index in [-0.39, 0.29) is 23.4 Å². The van der Waals surface area contributed by atoms with Crippen LogP contribution in [0.2, 0.25) is 0 Å². The van der Waals surface area contributed by atoms with Gasteiger partial charge in [0.15, 0.2) is 0 Å². The van der Waals surface area contributed by atoms with Gasteiger partial charge in [-0.05, 0) is 24.6 Å². The number of aromatic nitrogens is 3. The monoisotopic (exact) mass is 393 g/mol. The molecule has 3 aromatic rings. The molecule has 8 nitrogen and oxygen atoms in total. The summed E-state index contributed by atoms with van der Waals surface area (Å²) in [5, 5.41) is 8.43. The number of carbonyl (C=O) groups is 2. The Kier molecular flexibility index (Phi) is 4.70. The number of rotatable bonds is 3. The number of anilines is 1. The molecule has 1 saturated heterocycles. The molecular formula is C21H23N5O3. The number of hydrogen-bond acceptors (Lipinski definition) is 4. The highest BCUT2D eigenvalue weighted by Gasteiger charge is 2.39. The summed E-state index contributed by atoms with van der Waals surface area (Å²) in [6.45, 7) is 0. The summed E-state index contributed by atoms with van der Waals surface area (Å²) in [6, 6.07) is 6.73. The fourth-order valence-electron chi connectivity index (χ4n) is 4.07. The molecule has 8 heteroatoms. The van der Waals surface area contributed by atoms with Gasteiger partial charge in [-0.2, -0.15) is 5.10 Å². The van der Waals surface area contributed by atoms with Crippen molar-refractivity contribution in [2.75, 3.05) is 12.4 Å². The molecule has 1 aromatic carbocycles. The zero-order chi connectivity index (χ0) is 20.7. The highest BCUT2D eigenvalue weighted by atomic mass is 16.2. The van der Waals surface area contributed by atoms with Gasteiger partial charge >= 0.3 is 0 Å². The van der Waals surface area contributed by atoms with Gasteiger partial charge in [-0.15, -0.1) is 0 Å². The standard InChI is InChI=1S/C21H23N5O3/c1-24-10-9-14-15(21(24)29)5-4-6-17(14)23-20(28)16-7-8-18(27)26(3)19(16)13-11-22-25(2)12-13/h4-6,9-12,16,19H,7-8H2,1-3H3,(H,23,28). The van der Waals surface area contributed by atoms with Crippen molar-refractivity contribution in [1.29, 1.82) is 0 Å². The van der Waals surface area contributed by atoms with Crippen molar-refractivity contribution in [3.63, 3.8) is 0 Å². The third kappa shape index (κ3) is 3.30. The van der Waals surface area contributed by atoms with E-state index < -0.39 is 5.92 Å². The van der Waals surface area contributed by atoms with Crippen LogP contribution < -0.4 is 10.9 Å².